The van der Waals surface area contributed by atoms with E-state index in [1.807, 2.05) is 49.5 Å². The summed E-state index contributed by atoms with van der Waals surface area (Å²) in [7, 11) is 5.18. The Morgan fingerprint density at radius 3 is 2.81 bits per heavy atom. The van der Waals surface area contributed by atoms with Crippen LogP contribution in [0, 0.1) is 0 Å². The summed E-state index contributed by atoms with van der Waals surface area (Å²) in [4.78, 5) is 29.2. The molecule has 0 saturated carbocycles. The molecule has 1 fully saturated rings. The van der Waals surface area contributed by atoms with E-state index >= 15 is 0 Å². The molecule has 3 N–H and O–H groups in total. The average Bonchev–Trinajstić information content (AvgIpc) is 3.25. The number of hydrogen-bond donors (Lipinski definition) is 3. The molecule has 1 unspecified atom stereocenters. The molecule has 0 bridgehead atoms. The van der Waals surface area contributed by atoms with E-state index in [2.05, 4.69) is 30.6 Å². The number of H-pyrrole nitrogens is 1. The lowest BCUT2D eigenvalue weighted by Gasteiger charge is -2.39. The fraction of sp³-hybridized carbons (Fsp3) is 0.348. The summed E-state index contributed by atoms with van der Waals surface area (Å²) in [5.41, 5.74) is 3.09. The molecule has 0 aliphatic carbocycles. The lowest BCUT2D eigenvalue weighted by Crippen LogP contribution is -2.57. The number of benzene rings is 2. The number of carbonyl (C=O) groups is 2. The Bertz CT molecular complexity index is 1130. The summed E-state index contributed by atoms with van der Waals surface area (Å²) in [6.45, 7) is 2.54. The number of aromatic nitrogens is 2. The van der Waals surface area contributed by atoms with Gasteiger partial charge in [0.1, 0.15) is 11.8 Å². The number of methoxy groups -OCH3 is 1. The van der Waals surface area contributed by atoms with Crippen LogP contribution in [0.15, 0.2) is 42.5 Å². The maximum absolute atomic E-state index is 13.0. The summed E-state index contributed by atoms with van der Waals surface area (Å²) >= 11 is 0. The van der Waals surface area contributed by atoms with Crippen molar-refractivity contribution in [2.45, 2.75) is 12.6 Å². The summed E-state index contributed by atoms with van der Waals surface area (Å²) in [6, 6.07) is 13.2. The number of nitrogens with one attached hydrogen (secondary N) is 3. The third kappa shape index (κ3) is 4.24. The molecule has 32 heavy (non-hydrogen) atoms. The Hall–Kier alpha value is -3.59. The van der Waals surface area contributed by atoms with Crippen molar-refractivity contribution < 1.29 is 14.3 Å². The van der Waals surface area contributed by atoms with Gasteiger partial charge in [-0.3, -0.25) is 19.6 Å². The van der Waals surface area contributed by atoms with Crippen molar-refractivity contribution in [2.24, 2.45) is 0 Å². The highest BCUT2D eigenvalue weighted by molar-refractivity contribution is 6.05. The number of piperazine rings is 1. The first kappa shape index (κ1) is 21.6. The zero-order chi connectivity index (χ0) is 22.7. The Morgan fingerprint density at radius 2 is 2.03 bits per heavy atom. The van der Waals surface area contributed by atoms with Crippen LogP contribution < -0.4 is 20.3 Å². The SMILES string of the molecule is CNC(=O)c1n[nH]c2cc(N3CCN(C)C(C(=O)NCc4ccccc4OC)C3)ccc12. The van der Waals surface area contributed by atoms with Gasteiger partial charge in [0.25, 0.3) is 5.91 Å². The number of carbonyl (C=O) groups excluding carboxylic acids is 2. The lowest BCUT2D eigenvalue weighted by atomic mass is 10.1. The summed E-state index contributed by atoms with van der Waals surface area (Å²) in [5, 5.41) is 13.5. The zero-order valence-electron chi connectivity index (χ0n) is 18.5. The van der Waals surface area contributed by atoms with Gasteiger partial charge in [-0.15, -0.1) is 0 Å². The van der Waals surface area contributed by atoms with Crippen LogP contribution in [0.4, 0.5) is 5.69 Å². The van der Waals surface area contributed by atoms with Crippen molar-refractivity contribution in [3.63, 3.8) is 0 Å². The van der Waals surface area contributed by atoms with Gasteiger partial charge in [0.05, 0.1) is 12.6 Å². The van der Waals surface area contributed by atoms with Gasteiger partial charge in [-0.1, -0.05) is 18.2 Å². The van der Waals surface area contributed by atoms with Crippen molar-refractivity contribution in [2.75, 3.05) is 45.7 Å². The normalized spacial score (nSPS) is 16.7. The number of anilines is 1. The minimum atomic E-state index is -0.280. The first-order valence-corrected chi connectivity index (χ1v) is 10.6. The number of rotatable bonds is 6. The number of likely N-dealkylation sites (N-methyl/N-ethyl adjacent to an activating group) is 1. The molecular formula is C23H28N6O3. The molecule has 2 heterocycles. The molecule has 2 amide bonds. The molecule has 1 aromatic heterocycles. The van der Waals surface area contributed by atoms with Gasteiger partial charge in [-0.2, -0.15) is 5.10 Å². The van der Waals surface area contributed by atoms with Crippen LogP contribution in [0.1, 0.15) is 16.1 Å². The Kier molecular flexibility index (Phi) is 6.27. The summed E-state index contributed by atoms with van der Waals surface area (Å²) in [5.74, 6) is 0.512. The molecule has 168 valence electrons. The van der Waals surface area contributed by atoms with Crippen LogP contribution in [-0.2, 0) is 11.3 Å². The van der Waals surface area contributed by atoms with Crippen LogP contribution in [0.25, 0.3) is 10.9 Å². The molecule has 9 nitrogen and oxygen atoms in total. The fourth-order valence-corrected chi connectivity index (χ4v) is 4.04. The zero-order valence-corrected chi connectivity index (χ0v) is 18.5. The molecule has 0 spiro atoms. The number of aromatic amines is 1. The maximum atomic E-state index is 13.0. The third-order valence-corrected chi connectivity index (χ3v) is 5.95. The summed E-state index contributed by atoms with van der Waals surface area (Å²) in [6.07, 6.45) is 0. The van der Waals surface area contributed by atoms with Crippen molar-refractivity contribution in [1.29, 1.82) is 0 Å². The number of amides is 2. The molecule has 1 atom stereocenters. The second-order valence-electron chi connectivity index (χ2n) is 7.85. The minimum absolute atomic E-state index is 0.0207. The van der Waals surface area contributed by atoms with Crippen LogP contribution in [0.5, 0.6) is 5.75 Å². The van der Waals surface area contributed by atoms with E-state index in [-0.39, 0.29) is 17.9 Å². The largest absolute Gasteiger partial charge is 0.496 e. The standard InChI is InChI=1S/C23H28N6O3/c1-24-23(31)21-17-9-8-16(12-18(17)26-27-21)29-11-10-28(2)19(14-29)22(30)25-13-15-6-4-5-7-20(15)32-3/h4-9,12,19H,10-11,13-14H2,1-3H3,(H,24,31)(H,25,30)(H,26,27). The van der Waals surface area contributed by atoms with Crippen LogP contribution >= 0.6 is 0 Å². The topological polar surface area (TPSA) is 103 Å². The smallest absolute Gasteiger partial charge is 0.272 e. The van der Waals surface area contributed by atoms with E-state index in [1.165, 1.54) is 0 Å². The van der Waals surface area contributed by atoms with Gasteiger partial charge < -0.3 is 20.3 Å². The van der Waals surface area contributed by atoms with Crippen molar-refractivity contribution in [3.8, 4) is 5.75 Å². The van der Waals surface area contributed by atoms with Gasteiger partial charge in [0, 0.05) is 49.9 Å². The quantitative estimate of drug-likeness (QED) is 0.539. The Labute approximate surface area is 186 Å². The third-order valence-electron chi connectivity index (χ3n) is 5.95. The number of fused-ring (bicyclic) bond motifs is 1. The highest BCUT2D eigenvalue weighted by Gasteiger charge is 2.30. The van der Waals surface area contributed by atoms with Crippen LogP contribution in [0.3, 0.4) is 0 Å². The highest BCUT2D eigenvalue weighted by atomic mass is 16.5. The van der Waals surface area contributed by atoms with E-state index in [4.69, 9.17) is 4.74 Å². The average molecular weight is 437 g/mol. The van der Waals surface area contributed by atoms with E-state index in [0.29, 0.717) is 18.8 Å². The molecule has 9 heteroatoms. The molecule has 1 saturated heterocycles. The molecule has 4 rings (SSSR count). The second-order valence-corrected chi connectivity index (χ2v) is 7.85. The Morgan fingerprint density at radius 1 is 1.22 bits per heavy atom. The van der Waals surface area contributed by atoms with Gasteiger partial charge in [-0.05, 0) is 31.3 Å². The number of para-hydroxylation sites is 1. The molecule has 1 aliphatic rings. The van der Waals surface area contributed by atoms with Crippen molar-refractivity contribution in [3.05, 3.63) is 53.7 Å². The first-order chi connectivity index (χ1) is 15.5. The second kappa shape index (κ2) is 9.27. The van der Waals surface area contributed by atoms with E-state index < -0.39 is 0 Å². The van der Waals surface area contributed by atoms with Gasteiger partial charge in [-0.25, -0.2) is 0 Å². The minimum Gasteiger partial charge on any atom is -0.496 e. The first-order valence-electron chi connectivity index (χ1n) is 10.6. The van der Waals surface area contributed by atoms with Crippen molar-refractivity contribution >= 4 is 28.4 Å². The van der Waals surface area contributed by atoms with Crippen LogP contribution in [-0.4, -0.2) is 73.8 Å². The number of ether oxygens (including phenoxy) is 1. The van der Waals surface area contributed by atoms with Gasteiger partial charge in [0.2, 0.25) is 5.91 Å². The fourth-order valence-electron chi connectivity index (χ4n) is 4.04. The summed E-state index contributed by atoms with van der Waals surface area (Å²) < 4.78 is 5.37. The highest BCUT2D eigenvalue weighted by Crippen LogP contribution is 2.25. The number of hydrogen-bond acceptors (Lipinski definition) is 6. The molecule has 2 aromatic carbocycles. The van der Waals surface area contributed by atoms with E-state index in [0.717, 1.165) is 41.0 Å². The number of nitrogens with zero attached hydrogens (tertiary/aromatic N) is 3. The van der Waals surface area contributed by atoms with Crippen LogP contribution in [0.2, 0.25) is 0 Å². The molecule has 0 radical (unpaired) electrons. The predicted octanol–water partition coefficient (Wildman–Crippen LogP) is 1.37. The van der Waals surface area contributed by atoms with Gasteiger partial charge in [0.15, 0.2) is 5.69 Å². The molecule has 1 aliphatic heterocycles. The lowest BCUT2D eigenvalue weighted by molar-refractivity contribution is -0.126. The van der Waals surface area contributed by atoms with E-state index in [9.17, 15) is 9.59 Å². The molecular weight excluding hydrogens is 408 g/mol. The van der Waals surface area contributed by atoms with Crippen molar-refractivity contribution in [1.82, 2.24) is 25.7 Å². The van der Waals surface area contributed by atoms with Gasteiger partial charge >= 0.3 is 0 Å². The predicted molar refractivity (Wildman–Crippen MR) is 123 cm³/mol. The Balaban J connectivity index is 1.47. The van der Waals surface area contributed by atoms with E-state index in [1.54, 1.807) is 14.2 Å². The maximum Gasteiger partial charge on any atom is 0.272 e. The monoisotopic (exact) mass is 436 g/mol. The molecule has 3 aromatic rings.